The minimum absolute atomic E-state index is 0.202. The van der Waals surface area contributed by atoms with Gasteiger partial charge in [0.2, 0.25) is 5.91 Å². The quantitative estimate of drug-likeness (QED) is 0.920. The highest BCUT2D eigenvalue weighted by molar-refractivity contribution is 9.10. The Hall–Kier alpha value is -0.940. The molecule has 0 aliphatic rings. The Bertz CT molecular complexity index is 461. The standard InChI is InChI=1S/C13H17BrFNO2/c1-8-5-9(14)10(15)6-11(8)16-12(17)7-13(2,3)18-4/h5-6H,7H2,1-4H3,(H,16,17). The lowest BCUT2D eigenvalue weighted by molar-refractivity contribution is -0.121. The molecule has 5 heteroatoms. The van der Waals surface area contributed by atoms with Crippen molar-refractivity contribution in [1.29, 1.82) is 0 Å². The smallest absolute Gasteiger partial charge is 0.227 e. The van der Waals surface area contributed by atoms with E-state index in [2.05, 4.69) is 21.2 Å². The van der Waals surface area contributed by atoms with Crippen LogP contribution in [0.2, 0.25) is 0 Å². The molecule has 0 saturated carbocycles. The van der Waals surface area contributed by atoms with Crippen LogP contribution in [-0.4, -0.2) is 18.6 Å². The molecule has 0 fully saturated rings. The molecule has 0 atom stereocenters. The van der Waals surface area contributed by atoms with Crippen LogP contribution in [0.15, 0.2) is 16.6 Å². The predicted octanol–water partition coefficient (Wildman–Crippen LogP) is 3.65. The molecule has 3 nitrogen and oxygen atoms in total. The highest BCUT2D eigenvalue weighted by Gasteiger charge is 2.21. The Balaban J connectivity index is 2.80. The van der Waals surface area contributed by atoms with Crippen molar-refractivity contribution < 1.29 is 13.9 Å². The van der Waals surface area contributed by atoms with Gasteiger partial charge < -0.3 is 10.1 Å². The minimum atomic E-state index is -0.536. The number of ether oxygens (including phenoxy) is 1. The molecule has 0 bridgehead atoms. The van der Waals surface area contributed by atoms with Crippen molar-refractivity contribution in [2.75, 3.05) is 12.4 Å². The summed E-state index contributed by atoms with van der Waals surface area (Å²) < 4.78 is 19.0. The number of benzene rings is 1. The van der Waals surface area contributed by atoms with Gasteiger partial charge in [0.25, 0.3) is 0 Å². The van der Waals surface area contributed by atoms with Crippen molar-refractivity contribution in [1.82, 2.24) is 0 Å². The van der Waals surface area contributed by atoms with Gasteiger partial charge in [-0.05, 0) is 54.4 Å². The Morgan fingerprint density at radius 2 is 2.11 bits per heavy atom. The van der Waals surface area contributed by atoms with Crippen molar-refractivity contribution in [3.8, 4) is 0 Å². The second kappa shape index (κ2) is 5.80. The fourth-order valence-corrected chi connectivity index (χ4v) is 1.89. The summed E-state index contributed by atoms with van der Waals surface area (Å²) in [5.41, 5.74) is 0.741. The zero-order valence-corrected chi connectivity index (χ0v) is 12.5. The van der Waals surface area contributed by atoms with Gasteiger partial charge in [-0.15, -0.1) is 0 Å². The maximum atomic E-state index is 13.4. The fourth-order valence-electron chi connectivity index (χ4n) is 1.43. The molecule has 1 aromatic rings. The number of rotatable bonds is 4. The van der Waals surface area contributed by atoms with E-state index in [9.17, 15) is 9.18 Å². The number of halogens is 2. The molecule has 1 N–H and O–H groups in total. The maximum absolute atomic E-state index is 13.4. The Morgan fingerprint density at radius 1 is 1.50 bits per heavy atom. The van der Waals surface area contributed by atoms with Gasteiger partial charge in [0.1, 0.15) is 5.82 Å². The van der Waals surface area contributed by atoms with Gasteiger partial charge in [0.05, 0.1) is 16.5 Å². The van der Waals surface area contributed by atoms with Crippen LogP contribution in [0.5, 0.6) is 0 Å². The number of nitrogens with one attached hydrogen (secondary N) is 1. The zero-order valence-electron chi connectivity index (χ0n) is 10.9. The number of anilines is 1. The summed E-state index contributed by atoms with van der Waals surface area (Å²) >= 11 is 3.10. The third-order valence-corrected chi connectivity index (χ3v) is 3.29. The molecule has 0 aliphatic heterocycles. The van der Waals surface area contributed by atoms with Gasteiger partial charge >= 0.3 is 0 Å². The highest BCUT2D eigenvalue weighted by atomic mass is 79.9. The molecule has 100 valence electrons. The summed E-state index contributed by atoms with van der Waals surface area (Å²) in [4.78, 5) is 11.8. The molecular weight excluding hydrogens is 301 g/mol. The second-order valence-electron chi connectivity index (χ2n) is 4.77. The number of hydrogen-bond donors (Lipinski definition) is 1. The van der Waals surface area contributed by atoms with Gasteiger partial charge in [0.15, 0.2) is 0 Å². The van der Waals surface area contributed by atoms with E-state index in [1.165, 1.54) is 6.07 Å². The molecule has 0 heterocycles. The van der Waals surface area contributed by atoms with Gasteiger partial charge in [-0.25, -0.2) is 4.39 Å². The molecule has 18 heavy (non-hydrogen) atoms. The lowest BCUT2D eigenvalue weighted by atomic mass is 10.0. The van der Waals surface area contributed by atoms with E-state index in [0.717, 1.165) is 5.56 Å². The summed E-state index contributed by atoms with van der Waals surface area (Å²) in [7, 11) is 1.55. The molecule has 0 aliphatic carbocycles. The lowest BCUT2D eigenvalue weighted by Gasteiger charge is -2.22. The van der Waals surface area contributed by atoms with Crippen LogP contribution in [0.25, 0.3) is 0 Å². The molecule has 0 unspecified atom stereocenters. The highest BCUT2D eigenvalue weighted by Crippen LogP contribution is 2.24. The zero-order chi connectivity index (χ0) is 13.9. The third-order valence-electron chi connectivity index (χ3n) is 2.68. The van der Waals surface area contributed by atoms with Crippen LogP contribution in [0.4, 0.5) is 10.1 Å². The number of aryl methyl sites for hydroxylation is 1. The van der Waals surface area contributed by atoms with E-state index >= 15 is 0 Å². The first-order valence-corrected chi connectivity index (χ1v) is 6.35. The molecule has 1 aromatic carbocycles. The average Bonchev–Trinajstić information content (AvgIpc) is 2.25. The fraction of sp³-hybridized carbons (Fsp3) is 0.462. The van der Waals surface area contributed by atoms with Crippen LogP contribution in [0.1, 0.15) is 25.8 Å². The normalized spacial score (nSPS) is 11.4. The van der Waals surface area contributed by atoms with Crippen LogP contribution in [-0.2, 0) is 9.53 Å². The van der Waals surface area contributed by atoms with E-state index in [4.69, 9.17) is 4.74 Å². The number of carbonyl (C=O) groups excluding carboxylic acids is 1. The molecule has 1 amide bonds. The van der Waals surface area contributed by atoms with E-state index in [0.29, 0.717) is 10.2 Å². The van der Waals surface area contributed by atoms with E-state index < -0.39 is 11.4 Å². The van der Waals surface area contributed by atoms with Crippen molar-refractivity contribution >= 4 is 27.5 Å². The van der Waals surface area contributed by atoms with Crippen LogP contribution in [0, 0.1) is 12.7 Å². The minimum Gasteiger partial charge on any atom is -0.378 e. The van der Waals surface area contributed by atoms with E-state index in [-0.39, 0.29) is 12.3 Å². The van der Waals surface area contributed by atoms with Crippen molar-refractivity contribution in [3.63, 3.8) is 0 Å². The maximum Gasteiger partial charge on any atom is 0.227 e. The summed E-state index contributed by atoms with van der Waals surface area (Å²) in [5.74, 6) is -0.603. The average molecular weight is 318 g/mol. The van der Waals surface area contributed by atoms with Gasteiger partial charge in [0, 0.05) is 12.8 Å². The summed E-state index contributed by atoms with van der Waals surface area (Å²) in [6, 6.07) is 2.93. The SMILES string of the molecule is COC(C)(C)CC(=O)Nc1cc(F)c(Br)cc1C. The Kier molecular flexibility index (Phi) is 4.87. The van der Waals surface area contributed by atoms with Crippen molar-refractivity contribution in [3.05, 3.63) is 28.0 Å². The largest absolute Gasteiger partial charge is 0.378 e. The lowest BCUT2D eigenvalue weighted by Crippen LogP contribution is -2.29. The van der Waals surface area contributed by atoms with Crippen molar-refractivity contribution in [2.24, 2.45) is 0 Å². The molecule has 0 aromatic heterocycles. The molecule has 0 radical (unpaired) electrons. The Labute approximate surface area is 115 Å². The topological polar surface area (TPSA) is 38.3 Å². The summed E-state index contributed by atoms with van der Waals surface area (Å²) in [5, 5.41) is 2.69. The predicted molar refractivity (Wildman–Crippen MR) is 73.2 cm³/mol. The molecule has 0 saturated heterocycles. The molecular formula is C13H17BrFNO2. The van der Waals surface area contributed by atoms with Crippen LogP contribution < -0.4 is 5.32 Å². The number of amides is 1. The summed E-state index contributed by atoms with van der Waals surface area (Å²) in [6.07, 6.45) is 0.209. The van der Waals surface area contributed by atoms with Crippen LogP contribution >= 0.6 is 15.9 Å². The van der Waals surface area contributed by atoms with E-state index in [1.807, 2.05) is 13.8 Å². The van der Waals surface area contributed by atoms with Crippen LogP contribution in [0.3, 0.4) is 0 Å². The van der Waals surface area contributed by atoms with Gasteiger partial charge in [-0.1, -0.05) is 0 Å². The van der Waals surface area contributed by atoms with E-state index in [1.54, 1.807) is 20.1 Å². The first-order valence-electron chi connectivity index (χ1n) is 5.56. The first kappa shape index (κ1) is 15.1. The molecule has 1 rings (SSSR count). The number of methoxy groups -OCH3 is 1. The third kappa shape index (κ3) is 4.07. The second-order valence-corrected chi connectivity index (χ2v) is 5.62. The number of carbonyl (C=O) groups is 1. The molecule has 0 spiro atoms. The van der Waals surface area contributed by atoms with Crippen molar-refractivity contribution in [2.45, 2.75) is 32.8 Å². The van der Waals surface area contributed by atoms with Gasteiger partial charge in [-0.2, -0.15) is 0 Å². The number of hydrogen-bond acceptors (Lipinski definition) is 2. The monoisotopic (exact) mass is 317 g/mol. The Morgan fingerprint density at radius 3 is 2.67 bits per heavy atom. The van der Waals surface area contributed by atoms with Gasteiger partial charge in [-0.3, -0.25) is 4.79 Å². The first-order chi connectivity index (χ1) is 8.25. The summed E-state index contributed by atoms with van der Waals surface area (Å²) in [6.45, 7) is 5.45.